The molecule has 236 valence electrons. The molecule has 0 saturated carbocycles. The summed E-state index contributed by atoms with van der Waals surface area (Å²) in [6, 6.07) is 40.5. The van der Waals surface area contributed by atoms with Gasteiger partial charge in [0.2, 0.25) is 5.91 Å². The van der Waals surface area contributed by atoms with Gasteiger partial charge in [-0.25, -0.2) is 0 Å². The third-order valence-electron chi connectivity index (χ3n) is 7.28. The van der Waals surface area contributed by atoms with Crippen LogP contribution in [0.25, 0.3) is 6.08 Å². The van der Waals surface area contributed by atoms with Crippen LogP contribution < -0.4 is 16.0 Å². The van der Waals surface area contributed by atoms with E-state index in [1.54, 1.807) is 54.6 Å². The van der Waals surface area contributed by atoms with Crippen molar-refractivity contribution in [3.63, 3.8) is 0 Å². The number of hydrogen-bond donors (Lipinski definition) is 3. The van der Waals surface area contributed by atoms with Crippen molar-refractivity contribution in [3.8, 4) is 0 Å². The number of anilines is 2. The van der Waals surface area contributed by atoms with E-state index in [4.69, 9.17) is 11.6 Å². The van der Waals surface area contributed by atoms with Crippen LogP contribution in [0.2, 0.25) is 5.02 Å². The molecule has 3 N–H and O–H groups in total. The number of amides is 3. The maximum Gasteiger partial charge on any atom is 0.272 e. The van der Waals surface area contributed by atoms with E-state index in [1.165, 1.54) is 17.3 Å². The molecule has 0 fully saturated rings. The Hall–Kier alpha value is -5.11. The van der Waals surface area contributed by atoms with E-state index < -0.39 is 11.2 Å². The van der Waals surface area contributed by atoms with Crippen molar-refractivity contribution in [3.05, 3.63) is 166 Å². The van der Waals surface area contributed by atoms with Crippen molar-refractivity contribution in [1.29, 1.82) is 0 Å². The number of hydrogen-bond acceptors (Lipinski definition) is 4. The highest BCUT2D eigenvalue weighted by atomic mass is 35.5. The Morgan fingerprint density at radius 2 is 1.30 bits per heavy atom. The summed E-state index contributed by atoms with van der Waals surface area (Å²) in [4.78, 5) is 40.8. The predicted molar refractivity (Wildman–Crippen MR) is 193 cm³/mol. The molecule has 1 unspecified atom stereocenters. The van der Waals surface area contributed by atoms with E-state index in [9.17, 15) is 14.4 Å². The van der Waals surface area contributed by atoms with Gasteiger partial charge in [-0.1, -0.05) is 110 Å². The first-order valence-corrected chi connectivity index (χ1v) is 16.4. The molecule has 47 heavy (non-hydrogen) atoms. The second kappa shape index (κ2) is 15.9. The van der Waals surface area contributed by atoms with Crippen molar-refractivity contribution in [2.75, 3.05) is 10.6 Å². The molecule has 5 rings (SSSR count). The van der Waals surface area contributed by atoms with Crippen molar-refractivity contribution in [2.45, 2.75) is 29.9 Å². The van der Waals surface area contributed by atoms with Gasteiger partial charge in [-0.3, -0.25) is 14.4 Å². The summed E-state index contributed by atoms with van der Waals surface area (Å²) in [5.41, 5.74) is 4.41. The van der Waals surface area contributed by atoms with Crippen LogP contribution in [0.1, 0.15) is 52.1 Å². The van der Waals surface area contributed by atoms with Crippen LogP contribution in [0.15, 0.2) is 144 Å². The third kappa shape index (κ3) is 9.22. The van der Waals surface area contributed by atoms with Gasteiger partial charge in [0.25, 0.3) is 11.8 Å². The van der Waals surface area contributed by atoms with Gasteiger partial charge in [-0.15, -0.1) is 11.8 Å². The summed E-state index contributed by atoms with van der Waals surface area (Å²) >= 11 is 7.68. The molecule has 8 heteroatoms. The number of carbonyl (C=O) groups excluding carboxylic acids is 3. The highest BCUT2D eigenvalue weighted by Crippen LogP contribution is 2.37. The minimum atomic E-state index is -0.558. The molecule has 1 atom stereocenters. The van der Waals surface area contributed by atoms with Crippen molar-refractivity contribution in [1.82, 2.24) is 5.32 Å². The smallest absolute Gasteiger partial charge is 0.272 e. The van der Waals surface area contributed by atoms with Crippen molar-refractivity contribution >= 4 is 58.5 Å². The van der Waals surface area contributed by atoms with Crippen LogP contribution in [0.3, 0.4) is 0 Å². The Labute approximate surface area is 284 Å². The lowest BCUT2D eigenvalue weighted by atomic mass is 10.0. The monoisotopic (exact) mass is 659 g/mol. The number of benzene rings is 5. The summed E-state index contributed by atoms with van der Waals surface area (Å²) < 4.78 is 0. The average Bonchev–Trinajstić information content (AvgIpc) is 3.09. The van der Waals surface area contributed by atoms with Crippen molar-refractivity contribution in [2.24, 2.45) is 0 Å². The van der Waals surface area contributed by atoms with E-state index in [1.807, 2.05) is 84.9 Å². The molecule has 5 aromatic rings. The van der Waals surface area contributed by atoms with E-state index in [-0.39, 0.29) is 17.5 Å². The zero-order chi connectivity index (χ0) is 33.2. The molecule has 0 aliphatic heterocycles. The SMILES string of the molecule is CC(C)c1ccc(/C=C(\NC(=O)c2ccccc2)C(=O)Nc2ccc(SC(C(=O)Nc3ccccc3Cl)c3ccccc3)cc2)cc1. The largest absolute Gasteiger partial charge is 0.323 e. The highest BCUT2D eigenvalue weighted by molar-refractivity contribution is 8.00. The number of nitrogens with one attached hydrogen (secondary N) is 3. The lowest BCUT2D eigenvalue weighted by molar-refractivity contribution is -0.116. The molecule has 0 aliphatic carbocycles. The van der Waals surface area contributed by atoms with Gasteiger partial charge < -0.3 is 16.0 Å². The van der Waals surface area contributed by atoms with Gasteiger partial charge >= 0.3 is 0 Å². The maximum atomic E-state index is 13.5. The fourth-order valence-corrected chi connectivity index (χ4v) is 5.91. The van der Waals surface area contributed by atoms with Crippen LogP contribution in [0.4, 0.5) is 11.4 Å². The molecule has 6 nitrogen and oxygen atoms in total. The molecular formula is C39H34ClN3O3S. The fraction of sp³-hybridized carbons (Fsp3) is 0.103. The first-order valence-electron chi connectivity index (χ1n) is 15.1. The zero-order valence-electron chi connectivity index (χ0n) is 25.9. The van der Waals surface area contributed by atoms with Gasteiger partial charge in [0.05, 0.1) is 10.7 Å². The van der Waals surface area contributed by atoms with Crippen LogP contribution in [0, 0.1) is 0 Å². The minimum absolute atomic E-state index is 0.106. The van der Waals surface area contributed by atoms with E-state index in [0.717, 1.165) is 16.0 Å². The van der Waals surface area contributed by atoms with E-state index in [2.05, 4.69) is 29.8 Å². The van der Waals surface area contributed by atoms with Gasteiger partial charge in [-0.2, -0.15) is 0 Å². The van der Waals surface area contributed by atoms with Gasteiger partial charge in [-0.05, 0) is 77.2 Å². The first-order chi connectivity index (χ1) is 22.8. The Morgan fingerprint density at radius 3 is 1.94 bits per heavy atom. The lowest BCUT2D eigenvalue weighted by Crippen LogP contribution is -2.30. The van der Waals surface area contributed by atoms with Gasteiger partial charge in [0, 0.05) is 16.1 Å². The number of thioether (sulfide) groups is 1. The molecule has 0 bridgehead atoms. The predicted octanol–water partition coefficient (Wildman–Crippen LogP) is 9.35. The fourth-order valence-electron chi connectivity index (χ4n) is 4.70. The summed E-state index contributed by atoms with van der Waals surface area (Å²) in [5.74, 6) is -0.699. The van der Waals surface area contributed by atoms with E-state index >= 15 is 0 Å². The molecular weight excluding hydrogens is 626 g/mol. The minimum Gasteiger partial charge on any atom is -0.323 e. The van der Waals surface area contributed by atoms with E-state index in [0.29, 0.717) is 27.9 Å². The molecule has 0 saturated heterocycles. The molecule has 0 radical (unpaired) electrons. The Bertz CT molecular complexity index is 1860. The molecule has 3 amide bonds. The number of carbonyl (C=O) groups is 3. The molecule has 0 aromatic heterocycles. The van der Waals surface area contributed by atoms with Crippen LogP contribution >= 0.6 is 23.4 Å². The van der Waals surface area contributed by atoms with Crippen LogP contribution in [0.5, 0.6) is 0 Å². The molecule has 0 heterocycles. The summed E-state index contributed by atoms with van der Waals surface area (Å²) in [6.07, 6.45) is 1.66. The standard InChI is InChI=1S/C39H34ClN3O3S/c1-26(2)28-19-17-27(18-20-28)25-35(43-37(44)30-13-7-4-8-14-30)38(45)41-31-21-23-32(24-22-31)47-36(29-11-5-3-6-12-29)39(46)42-34-16-10-9-15-33(34)40/h3-26,36H,1-2H3,(H,41,45)(H,42,46)(H,43,44)/b35-25-. The van der Waals surface area contributed by atoms with Gasteiger partial charge in [0.1, 0.15) is 10.9 Å². The topological polar surface area (TPSA) is 87.3 Å². The number of halogens is 1. The molecule has 0 spiro atoms. The number of para-hydroxylation sites is 1. The first kappa shape index (κ1) is 33.3. The quantitative estimate of drug-likeness (QED) is 0.0974. The van der Waals surface area contributed by atoms with Crippen LogP contribution in [-0.4, -0.2) is 17.7 Å². The van der Waals surface area contributed by atoms with Gasteiger partial charge in [0.15, 0.2) is 0 Å². The summed E-state index contributed by atoms with van der Waals surface area (Å²) in [5, 5.41) is 8.53. The Kier molecular flexibility index (Phi) is 11.3. The second-order valence-corrected chi connectivity index (χ2v) is 12.6. The second-order valence-electron chi connectivity index (χ2n) is 11.1. The van der Waals surface area contributed by atoms with Crippen LogP contribution in [-0.2, 0) is 9.59 Å². The summed E-state index contributed by atoms with van der Waals surface area (Å²) in [7, 11) is 0. The maximum absolute atomic E-state index is 13.5. The zero-order valence-corrected chi connectivity index (χ0v) is 27.5. The number of rotatable bonds is 11. The molecule has 5 aromatic carbocycles. The Morgan fingerprint density at radius 1 is 0.681 bits per heavy atom. The highest BCUT2D eigenvalue weighted by Gasteiger charge is 2.23. The average molecular weight is 660 g/mol. The third-order valence-corrected chi connectivity index (χ3v) is 8.88. The normalized spacial score (nSPS) is 11.9. The lowest BCUT2D eigenvalue weighted by Gasteiger charge is -2.18. The summed E-state index contributed by atoms with van der Waals surface area (Å²) in [6.45, 7) is 4.23. The molecule has 0 aliphatic rings. The Balaban J connectivity index is 1.33. The van der Waals surface area contributed by atoms with Crippen molar-refractivity contribution < 1.29 is 14.4 Å².